The van der Waals surface area contributed by atoms with Gasteiger partial charge in [-0.05, 0) is 81.8 Å². The zero-order valence-corrected chi connectivity index (χ0v) is 27.3. The minimum absolute atomic E-state index is 0.0184. The van der Waals surface area contributed by atoms with E-state index in [0.717, 1.165) is 94.6 Å². The Morgan fingerprint density at radius 2 is 1.57 bits per heavy atom. The molecule has 0 atom stereocenters. The zero-order chi connectivity index (χ0) is 27.9. The molecule has 5 rings (SSSR count). The van der Waals surface area contributed by atoms with Gasteiger partial charge in [-0.3, -0.25) is 9.69 Å². The number of hydrogen-bond donors (Lipinski definition) is 0. The molecule has 0 unspecified atom stereocenters. The highest BCUT2D eigenvalue weighted by Gasteiger charge is 2.23. The van der Waals surface area contributed by atoms with Crippen molar-refractivity contribution in [2.75, 3.05) is 39.3 Å². The van der Waals surface area contributed by atoms with Gasteiger partial charge in [-0.15, -0.1) is 0 Å². The number of nitrogens with zero attached hydrogens (tertiary/aromatic N) is 2. The second kappa shape index (κ2) is 14.3. The van der Waals surface area contributed by atoms with Gasteiger partial charge in [0, 0.05) is 56.6 Å². The SMILES string of the molecule is CCCCc1oc2ccccc2c1C(=O)c1cc(I)c(OCCCN2CCN(Cc3ccccc3)CC2)c(I)c1. The molecule has 40 heavy (non-hydrogen) atoms. The molecule has 0 radical (unpaired) electrons. The molecule has 0 saturated carbocycles. The normalized spacial score (nSPS) is 14.6. The summed E-state index contributed by atoms with van der Waals surface area (Å²) in [4.78, 5) is 18.8. The summed E-state index contributed by atoms with van der Waals surface area (Å²) in [5, 5.41) is 0.893. The fraction of sp³-hybridized carbons (Fsp3) is 0.364. The van der Waals surface area contributed by atoms with Crippen molar-refractivity contribution in [2.45, 2.75) is 39.2 Å². The van der Waals surface area contributed by atoms with Crippen LogP contribution in [0.5, 0.6) is 5.75 Å². The number of furan rings is 1. The monoisotopic (exact) mass is 762 g/mol. The van der Waals surface area contributed by atoms with Crippen LogP contribution in [0.2, 0.25) is 0 Å². The molecule has 0 N–H and O–H groups in total. The van der Waals surface area contributed by atoms with E-state index >= 15 is 0 Å². The van der Waals surface area contributed by atoms with Crippen LogP contribution in [-0.2, 0) is 13.0 Å². The maximum atomic E-state index is 13.8. The third kappa shape index (κ3) is 7.27. The van der Waals surface area contributed by atoms with Crippen LogP contribution >= 0.6 is 45.2 Å². The topological polar surface area (TPSA) is 45.9 Å². The minimum atomic E-state index is 0.0184. The number of para-hydroxylation sites is 1. The first-order valence-electron chi connectivity index (χ1n) is 14.2. The summed E-state index contributed by atoms with van der Waals surface area (Å²) in [6, 6.07) is 22.5. The van der Waals surface area contributed by atoms with Crippen LogP contribution in [-0.4, -0.2) is 54.9 Å². The number of benzene rings is 3. The molecule has 3 aromatic carbocycles. The Labute approximate surface area is 264 Å². The van der Waals surface area contributed by atoms with Crippen LogP contribution in [0.1, 0.15) is 53.4 Å². The molecule has 1 aliphatic heterocycles. The summed E-state index contributed by atoms with van der Waals surface area (Å²) in [7, 11) is 0. The predicted molar refractivity (Wildman–Crippen MR) is 178 cm³/mol. The summed E-state index contributed by atoms with van der Waals surface area (Å²) >= 11 is 4.59. The maximum absolute atomic E-state index is 13.8. The molecule has 0 aliphatic carbocycles. The first kappa shape index (κ1) is 29.5. The Kier molecular flexibility index (Phi) is 10.6. The van der Waals surface area contributed by atoms with E-state index in [0.29, 0.717) is 17.7 Å². The predicted octanol–water partition coefficient (Wildman–Crippen LogP) is 7.80. The second-order valence-corrected chi connectivity index (χ2v) is 12.7. The van der Waals surface area contributed by atoms with Gasteiger partial charge in [0.25, 0.3) is 0 Å². The lowest BCUT2D eigenvalue weighted by Gasteiger charge is -2.34. The number of aryl methyl sites for hydroxylation is 1. The highest BCUT2D eigenvalue weighted by Crippen LogP contribution is 2.33. The van der Waals surface area contributed by atoms with Crippen molar-refractivity contribution in [2.24, 2.45) is 0 Å². The Morgan fingerprint density at radius 1 is 0.900 bits per heavy atom. The number of hydrogen-bond acceptors (Lipinski definition) is 5. The van der Waals surface area contributed by atoms with E-state index in [1.165, 1.54) is 5.56 Å². The first-order valence-corrected chi connectivity index (χ1v) is 16.3. The molecule has 1 saturated heterocycles. The van der Waals surface area contributed by atoms with Crippen LogP contribution in [0, 0.1) is 7.14 Å². The summed E-state index contributed by atoms with van der Waals surface area (Å²) < 4.78 is 14.3. The summed E-state index contributed by atoms with van der Waals surface area (Å²) in [6.07, 6.45) is 3.79. The van der Waals surface area contributed by atoms with Crippen molar-refractivity contribution in [1.82, 2.24) is 9.80 Å². The van der Waals surface area contributed by atoms with Gasteiger partial charge in [0.15, 0.2) is 5.78 Å². The number of ether oxygens (including phenoxy) is 1. The van der Waals surface area contributed by atoms with Crippen molar-refractivity contribution in [3.05, 3.63) is 96.3 Å². The number of ketones is 1. The Bertz CT molecular complexity index is 1410. The molecular weight excluding hydrogens is 726 g/mol. The Hall–Kier alpha value is -1.95. The Balaban J connectivity index is 1.16. The minimum Gasteiger partial charge on any atom is -0.491 e. The third-order valence-corrected chi connectivity index (χ3v) is 9.09. The summed E-state index contributed by atoms with van der Waals surface area (Å²) in [5.74, 6) is 1.68. The summed E-state index contributed by atoms with van der Waals surface area (Å²) in [6.45, 7) is 9.29. The van der Waals surface area contributed by atoms with Crippen LogP contribution < -0.4 is 4.74 Å². The lowest BCUT2D eigenvalue weighted by atomic mass is 9.98. The number of fused-ring (bicyclic) bond motifs is 1. The number of unbranched alkanes of at least 4 members (excludes halogenated alkanes) is 1. The van der Waals surface area contributed by atoms with Gasteiger partial charge in [0.2, 0.25) is 0 Å². The van der Waals surface area contributed by atoms with Crippen LogP contribution in [0.25, 0.3) is 11.0 Å². The lowest BCUT2D eigenvalue weighted by Crippen LogP contribution is -2.46. The van der Waals surface area contributed by atoms with Gasteiger partial charge >= 0.3 is 0 Å². The second-order valence-electron chi connectivity index (χ2n) is 10.4. The van der Waals surface area contributed by atoms with E-state index in [4.69, 9.17) is 9.15 Å². The number of carbonyl (C=O) groups is 1. The summed E-state index contributed by atoms with van der Waals surface area (Å²) in [5.41, 5.74) is 3.54. The highest BCUT2D eigenvalue weighted by atomic mass is 127. The molecule has 7 heteroatoms. The molecule has 1 aromatic heterocycles. The fourth-order valence-electron chi connectivity index (χ4n) is 5.31. The lowest BCUT2D eigenvalue weighted by molar-refractivity contribution is 0.103. The van der Waals surface area contributed by atoms with Gasteiger partial charge in [-0.25, -0.2) is 0 Å². The molecule has 210 valence electrons. The van der Waals surface area contributed by atoms with E-state index in [1.807, 2.05) is 36.4 Å². The molecule has 4 aromatic rings. The molecule has 5 nitrogen and oxygen atoms in total. The third-order valence-electron chi connectivity index (χ3n) is 7.49. The van der Waals surface area contributed by atoms with Gasteiger partial charge in [0.05, 0.1) is 19.3 Å². The largest absolute Gasteiger partial charge is 0.491 e. The van der Waals surface area contributed by atoms with Crippen LogP contribution in [0.15, 0.2) is 71.1 Å². The molecule has 0 bridgehead atoms. The molecule has 0 spiro atoms. The van der Waals surface area contributed by atoms with Crippen molar-refractivity contribution in [3.63, 3.8) is 0 Å². The molecular formula is C33H36I2N2O3. The Morgan fingerprint density at radius 3 is 2.30 bits per heavy atom. The molecule has 2 heterocycles. The molecule has 1 fully saturated rings. The van der Waals surface area contributed by atoms with Gasteiger partial charge in [0.1, 0.15) is 17.1 Å². The average molecular weight is 762 g/mol. The van der Waals surface area contributed by atoms with Crippen LogP contribution in [0.3, 0.4) is 0 Å². The molecule has 0 amide bonds. The maximum Gasteiger partial charge on any atom is 0.197 e. The quantitative estimate of drug-likeness (QED) is 0.0839. The molecule has 1 aliphatic rings. The van der Waals surface area contributed by atoms with E-state index in [1.54, 1.807) is 0 Å². The van der Waals surface area contributed by atoms with Crippen molar-refractivity contribution >= 4 is 61.9 Å². The number of rotatable bonds is 12. The van der Waals surface area contributed by atoms with E-state index < -0.39 is 0 Å². The van der Waals surface area contributed by atoms with Gasteiger partial charge in [-0.2, -0.15) is 0 Å². The first-order chi connectivity index (χ1) is 19.5. The van der Waals surface area contributed by atoms with Gasteiger partial charge < -0.3 is 14.1 Å². The fourth-order valence-corrected chi connectivity index (χ4v) is 7.39. The number of halogens is 2. The van der Waals surface area contributed by atoms with Crippen molar-refractivity contribution in [1.29, 1.82) is 0 Å². The highest BCUT2D eigenvalue weighted by molar-refractivity contribution is 14.1. The zero-order valence-electron chi connectivity index (χ0n) is 23.0. The standard InChI is InChI=1S/C33H36I2N2O3/c1-2-3-13-30-31(26-12-7-8-14-29(26)40-30)32(38)25-21-27(34)33(28(35)22-25)39-20-9-15-36-16-18-37(19-17-36)23-24-10-5-4-6-11-24/h4-8,10-12,14,21-22H,2-3,9,13,15-20,23H2,1H3. The number of carbonyl (C=O) groups excluding carboxylic acids is 1. The number of piperazine rings is 1. The smallest absolute Gasteiger partial charge is 0.197 e. The average Bonchev–Trinajstić information content (AvgIpc) is 3.34. The van der Waals surface area contributed by atoms with Crippen molar-refractivity contribution < 1.29 is 13.9 Å². The van der Waals surface area contributed by atoms with E-state index in [9.17, 15) is 4.79 Å². The van der Waals surface area contributed by atoms with Crippen LogP contribution in [0.4, 0.5) is 0 Å². The van der Waals surface area contributed by atoms with Crippen molar-refractivity contribution in [3.8, 4) is 5.75 Å². The van der Waals surface area contributed by atoms with Gasteiger partial charge in [-0.1, -0.05) is 61.9 Å². The van der Waals surface area contributed by atoms with E-state index in [2.05, 4.69) is 92.2 Å². The van der Waals surface area contributed by atoms with E-state index in [-0.39, 0.29) is 5.78 Å².